The number of imidazole rings is 1. The van der Waals surface area contributed by atoms with E-state index in [0.29, 0.717) is 11.6 Å². The average Bonchev–Trinajstić information content (AvgIpc) is 3.31. The first-order valence-electron chi connectivity index (χ1n) is 11.2. The Labute approximate surface area is 189 Å². The predicted molar refractivity (Wildman–Crippen MR) is 129 cm³/mol. The van der Waals surface area contributed by atoms with Gasteiger partial charge in [-0.25, -0.2) is 14.8 Å². The summed E-state index contributed by atoms with van der Waals surface area (Å²) in [6, 6.07) is 16.3. The third-order valence-corrected chi connectivity index (χ3v) is 6.53. The van der Waals surface area contributed by atoms with E-state index in [-0.39, 0.29) is 0 Å². The van der Waals surface area contributed by atoms with Gasteiger partial charge in [0.2, 0.25) is 0 Å². The molecule has 160 valence electrons. The summed E-state index contributed by atoms with van der Waals surface area (Å²) in [5, 5.41) is 0. The predicted octanol–water partition coefficient (Wildman–Crippen LogP) is 5.81. The lowest BCUT2D eigenvalue weighted by molar-refractivity contribution is 0.218. The smallest absolute Gasteiger partial charge is 0.187 e. The van der Waals surface area contributed by atoms with Gasteiger partial charge in [-0.05, 0) is 57.8 Å². The molecule has 1 aliphatic rings. The van der Waals surface area contributed by atoms with Gasteiger partial charge in [0.25, 0.3) is 0 Å². The Morgan fingerprint density at radius 1 is 1.00 bits per heavy atom. The number of nitrogens with zero attached hydrogens (tertiary/aromatic N) is 5. The third-order valence-electron chi connectivity index (χ3n) is 6.53. The average molecular weight is 422 g/mol. The summed E-state index contributed by atoms with van der Waals surface area (Å²) in [4.78, 5) is 15.9. The first-order valence-corrected chi connectivity index (χ1v) is 11.2. The van der Waals surface area contributed by atoms with Crippen LogP contribution in [0.3, 0.4) is 0 Å². The van der Waals surface area contributed by atoms with Crippen molar-refractivity contribution in [2.45, 2.75) is 26.2 Å². The van der Waals surface area contributed by atoms with Crippen molar-refractivity contribution < 1.29 is 0 Å². The molecule has 4 aromatic rings. The molecular weight excluding hydrogens is 394 g/mol. The van der Waals surface area contributed by atoms with E-state index < -0.39 is 0 Å². The maximum atomic E-state index is 7.29. The van der Waals surface area contributed by atoms with Gasteiger partial charge >= 0.3 is 0 Å². The highest BCUT2D eigenvalue weighted by Crippen LogP contribution is 2.34. The highest BCUT2D eigenvalue weighted by molar-refractivity contribution is 5.81. The molecule has 0 spiro atoms. The molecule has 5 nitrogen and oxygen atoms in total. The van der Waals surface area contributed by atoms with Crippen LogP contribution in [0.25, 0.3) is 33.0 Å². The van der Waals surface area contributed by atoms with Crippen molar-refractivity contribution in [2.24, 2.45) is 5.92 Å². The summed E-state index contributed by atoms with van der Waals surface area (Å²) in [5.74, 6) is 0.627. The maximum Gasteiger partial charge on any atom is 0.187 e. The van der Waals surface area contributed by atoms with Crippen LogP contribution in [0.2, 0.25) is 0 Å². The van der Waals surface area contributed by atoms with Gasteiger partial charge in [0.15, 0.2) is 11.3 Å². The van der Waals surface area contributed by atoms with Gasteiger partial charge in [-0.1, -0.05) is 54.1 Å². The van der Waals surface area contributed by atoms with Gasteiger partial charge in [-0.3, -0.25) is 4.40 Å². The van der Waals surface area contributed by atoms with Crippen LogP contribution in [-0.2, 0) is 6.42 Å². The van der Waals surface area contributed by atoms with Crippen molar-refractivity contribution >= 4 is 11.3 Å². The normalized spacial score (nSPS) is 15.2. The van der Waals surface area contributed by atoms with E-state index in [1.165, 1.54) is 18.4 Å². The van der Waals surface area contributed by atoms with Crippen LogP contribution < -0.4 is 0 Å². The van der Waals surface area contributed by atoms with Crippen molar-refractivity contribution in [1.29, 1.82) is 0 Å². The number of benzene rings is 2. The number of piperidine rings is 1. The van der Waals surface area contributed by atoms with E-state index >= 15 is 0 Å². The van der Waals surface area contributed by atoms with E-state index in [9.17, 15) is 0 Å². The number of hydrogen-bond donors (Lipinski definition) is 0. The molecular formula is C27H27N5. The summed E-state index contributed by atoms with van der Waals surface area (Å²) < 4.78 is 2.19. The van der Waals surface area contributed by atoms with Crippen molar-refractivity contribution in [1.82, 2.24) is 19.3 Å². The number of likely N-dealkylation sites (tertiary alicyclic amines) is 1. The molecule has 0 unspecified atom stereocenters. The monoisotopic (exact) mass is 421 g/mol. The zero-order valence-corrected chi connectivity index (χ0v) is 18.6. The fourth-order valence-corrected chi connectivity index (χ4v) is 4.61. The van der Waals surface area contributed by atoms with E-state index in [1.54, 1.807) is 0 Å². The Bertz CT molecular complexity index is 1270. The fraction of sp³-hybridized carbons (Fsp3) is 0.296. The van der Waals surface area contributed by atoms with Crippen molar-refractivity contribution in [2.75, 3.05) is 20.1 Å². The van der Waals surface area contributed by atoms with Gasteiger partial charge in [-0.15, -0.1) is 0 Å². The Hall–Kier alpha value is -3.49. The van der Waals surface area contributed by atoms with E-state index in [0.717, 1.165) is 53.4 Å². The summed E-state index contributed by atoms with van der Waals surface area (Å²) in [5.41, 5.74) is 7.99. The number of aryl methyl sites for hydroxylation is 1. The number of aromatic nitrogens is 3. The second-order valence-corrected chi connectivity index (χ2v) is 8.85. The molecule has 0 aliphatic carbocycles. The molecule has 32 heavy (non-hydrogen) atoms. The molecule has 0 saturated carbocycles. The van der Waals surface area contributed by atoms with Crippen LogP contribution in [0.5, 0.6) is 0 Å². The first kappa shape index (κ1) is 20.4. The number of fused-ring (bicyclic) bond motifs is 1. The third kappa shape index (κ3) is 3.90. The molecule has 0 atom stereocenters. The minimum Gasteiger partial charge on any atom is -0.306 e. The van der Waals surface area contributed by atoms with Crippen LogP contribution in [0.15, 0.2) is 60.9 Å². The minimum absolute atomic E-state index is 0.627. The Morgan fingerprint density at radius 3 is 2.38 bits per heavy atom. The maximum absolute atomic E-state index is 7.29. The summed E-state index contributed by atoms with van der Waals surface area (Å²) >= 11 is 0. The van der Waals surface area contributed by atoms with E-state index in [4.69, 9.17) is 16.5 Å². The summed E-state index contributed by atoms with van der Waals surface area (Å²) in [7, 11) is 2.20. The molecule has 0 radical (unpaired) electrons. The molecule has 1 saturated heterocycles. The Balaban J connectivity index is 1.67. The highest BCUT2D eigenvalue weighted by atomic mass is 15.1. The lowest BCUT2D eigenvalue weighted by Gasteiger charge is -2.29. The highest BCUT2D eigenvalue weighted by Gasteiger charge is 2.22. The number of rotatable bonds is 4. The zero-order chi connectivity index (χ0) is 22.1. The molecule has 5 heteroatoms. The zero-order valence-electron chi connectivity index (χ0n) is 18.6. The van der Waals surface area contributed by atoms with Gasteiger partial charge in [0, 0.05) is 18.0 Å². The minimum atomic E-state index is 0.627. The molecule has 1 aliphatic heterocycles. The van der Waals surface area contributed by atoms with Crippen molar-refractivity contribution in [3.63, 3.8) is 0 Å². The van der Waals surface area contributed by atoms with Crippen LogP contribution in [0, 0.1) is 19.4 Å². The van der Waals surface area contributed by atoms with Crippen LogP contribution in [-0.4, -0.2) is 39.4 Å². The second kappa shape index (κ2) is 8.57. The molecule has 0 N–H and O–H groups in total. The summed E-state index contributed by atoms with van der Waals surface area (Å²) in [6.07, 6.45) is 7.25. The molecule has 0 amide bonds. The van der Waals surface area contributed by atoms with Crippen molar-refractivity contribution in [3.8, 4) is 22.5 Å². The quantitative estimate of drug-likeness (QED) is 0.391. The largest absolute Gasteiger partial charge is 0.306 e. The van der Waals surface area contributed by atoms with Gasteiger partial charge in [0.1, 0.15) is 0 Å². The Morgan fingerprint density at radius 2 is 1.69 bits per heavy atom. The SMILES string of the molecule is [C-]#[N+]c1ccc(-c2nc(CC3CCN(C)CC3)c3nccn3c2-c2ccc(C)cc2)cc1. The van der Waals surface area contributed by atoms with Gasteiger partial charge in [-0.2, -0.15) is 0 Å². The standard InChI is InChI=1S/C27H27N5/c1-19-4-6-22(7-5-19)26-25(21-8-10-23(28-2)11-9-21)30-24(27-29-14-17-32(26)27)18-20-12-15-31(3)16-13-20/h4-11,14,17,20H,12-13,15-16,18H2,1,3H3. The van der Waals surface area contributed by atoms with Crippen LogP contribution in [0.1, 0.15) is 24.1 Å². The van der Waals surface area contributed by atoms with Crippen LogP contribution >= 0.6 is 0 Å². The van der Waals surface area contributed by atoms with Crippen molar-refractivity contribution in [3.05, 3.63) is 83.6 Å². The van der Waals surface area contributed by atoms with E-state index in [1.807, 2.05) is 36.7 Å². The lowest BCUT2D eigenvalue weighted by Crippen LogP contribution is -2.31. The van der Waals surface area contributed by atoms with Gasteiger partial charge in [0.05, 0.1) is 23.7 Å². The number of hydrogen-bond acceptors (Lipinski definition) is 3. The molecule has 0 bridgehead atoms. The molecule has 1 fully saturated rings. The summed E-state index contributed by atoms with van der Waals surface area (Å²) in [6.45, 7) is 11.7. The van der Waals surface area contributed by atoms with E-state index in [2.05, 4.69) is 52.4 Å². The molecule has 2 aromatic carbocycles. The molecule has 5 rings (SSSR count). The molecule has 3 heterocycles. The Kier molecular flexibility index (Phi) is 5.46. The van der Waals surface area contributed by atoms with Gasteiger partial charge < -0.3 is 4.90 Å². The first-order chi connectivity index (χ1) is 15.6. The topological polar surface area (TPSA) is 37.8 Å². The fourth-order valence-electron chi connectivity index (χ4n) is 4.61. The molecule has 2 aromatic heterocycles. The second-order valence-electron chi connectivity index (χ2n) is 8.85. The lowest BCUT2D eigenvalue weighted by atomic mass is 9.92. The van der Waals surface area contributed by atoms with Crippen LogP contribution in [0.4, 0.5) is 5.69 Å².